The minimum absolute atomic E-state index is 0.00272. The van der Waals surface area contributed by atoms with E-state index in [0.29, 0.717) is 23.4 Å². The van der Waals surface area contributed by atoms with E-state index >= 15 is 0 Å². The number of halogens is 1. The second-order valence-corrected chi connectivity index (χ2v) is 8.91. The number of ether oxygens (including phenoxy) is 2. The number of esters is 1. The van der Waals surface area contributed by atoms with Crippen LogP contribution < -0.4 is 11.1 Å². The van der Waals surface area contributed by atoms with Gasteiger partial charge in [0.25, 0.3) is 0 Å². The first-order chi connectivity index (χ1) is 14.9. The van der Waals surface area contributed by atoms with Crippen LogP contribution in [0.4, 0.5) is 4.79 Å². The van der Waals surface area contributed by atoms with Crippen LogP contribution in [0, 0.1) is 5.92 Å². The SMILES string of the molecule is CC(=O)C(N)(C(=O)OC(C)OC(=O)NC[C@@]1(c2ccccc2Cl)CCCCC1=O)C(C)C. The molecule has 9 heteroatoms. The maximum atomic E-state index is 12.9. The number of hydrogen-bond acceptors (Lipinski definition) is 7. The first kappa shape index (κ1) is 25.8. The third-order valence-corrected chi connectivity index (χ3v) is 6.42. The highest BCUT2D eigenvalue weighted by Crippen LogP contribution is 2.39. The molecule has 0 spiro atoms. The number of carbonyl (C=O) groups excluding carboxylic acids is 4. The average molecular weight is 467 g/mol. The van der Waals surface area contributed by atoms with Gasteiger partial charge in [0.1, 0.15) is 5.78 Å². The molecule has 176 valence electrons. The molecule has 3 N–H and O–H groups in total. The Bertz CT molecular complexity index is 889. The largest absolute Gasteiger partial charge is 0.424 e. The average Bonchev–Trinajstić information content (AvgIpc) is 2.72. The molecule has 32 heavy (non-hydrogen) atoms. The van der Waals surface area contributed by atoms with Gasteiger partial charge < -0.3 is 20.5 Å². The van der Waals surface area contributed by atoms with Crippen molar-refractivity contribution >= 4 is 35.2 Å². The Labute approximate surface area is 193 Å². The highest BCUT2D eigenvalue weighted by atomic mass is 35.5. The van der Waals surface area contributed by atoms with Gasteiger partial charge in [-0.05, 0) is 37.3 Å². The molecule has 1 aromatic rings. The summed E-state index contributed by atoms with van der Waals surface area (Å²) in [7, 11) is 0. The molecule has 0 aliphatic heterocycles. The van der Waals surface area contributed by atoms with Gasteiger partial charge in [0.05, 0.1) is 5.41 Å². The second-order valence-electron chi connectivity index (χ2n) is 8.50. The summed E-state index contributed by atoms with van der Waals surface area (Å²) in [5.41, 5.74) is 3.82. The van der Waals surface area contributed by atoms with Crippen LogP contribution in [0.15, 0.2) is 24.3 Å². The number of alkyl carbamates (subject to hydrolysis) is 1. The van der Waals surface area contributed by atoms with Gasteiger partial charge in [-0.25, -0.2) is 9.59 Å². The quantitative estimate of drug-likeness (QED) is 0.342. The lowest BCUT2D eigenvalue weighted by molar-refractivity contribution is -0.174. The van der Waals surface area contributed by atoms with Crippen molar-refractivity contribution in [2.75, 3.05) is 6.54 Å². The summed E-state index contributed by atoms with van der Waals surface area (Å²) in [5.74, 6) is -2.04. The lowest BCUT2D eigenvalue weighted by Crippen LogP contribution is -2.59. The standard InChI is InChI=1S/C23H31ClN2O6/c1-14(2)23(25,15(3)27)20(29)31-16(4)32-21(30)26-13-22(12-8-7-11-19(22)28)17-9-5-6-10-18(17)24/h5-6,9-10,14,16H,7-8,11-13,25H2,1-4H3,(H,26,30)/t16?,22-,23?/m1/s1. The predicted octanol–water partition coefficient (Wildman–Crippen LogP) is 3.28. The van der Waals surface area contributed by atoms with Crippen molar-refractivity contribution in [1.29, 1.82) is 0 Å². The van der Waals surface area contributed by atoms with Crippen LogP contribution in [-0.4, -0.2) is 42.0 Å². The second kappa shape index (κ2) is 10.4. The summed E-state index contributed by atoms with van der Waals surface area (Å²) >= 11 is 6.37. The molecule has 8 nitrogen and oxygen atoms in total. The van der Waals surface area contributed by atoms with Gasteiger partial charge in [-0.15, -0.1) is 0 Å². The number of carbonyl (C=O) groups is 4. The van der Waals surface area contributed by atoms with Gasteiger partial charge in [0, 0.05) is 24.9 Å². The molecular formula is C23H31ClN2O6. The molecule has 0 radical (unpaired) electrons. The van der Waals surface area contributed by atoms with Crippen LogP contribution >= 0.6 is 11.6 Å². The zero-order valence-electron chi connectivity index (χ0n) is 18.9. The molecule has 0 aromatic heterocycles. The minimum Gasteiger partial charge on any atom is -0.424 e. The van der Waals surface area contributed by atoms with Gasteiger partial charge in [-0.3, -0.25) is 9.59 Å². The fraction of sp³-hybridized carbons (Fsp3) is 0.565. The number of nitrogens with one attached hydrogen (secondary N) is 1. The Morgan fingerprint density at radius 3 is 2.41 bits per heavy atom. The minimum atomic E-state index is -1.84. The third-order valence-electron chi connectivity index (χ3n) is 6.09. The molecule has 1 saturated carbocycles. The topological polar surface area (TPSA) is 125 Å². The lowest BCUT2D eigenvalue weighted by Gasteiger charge is -2.37. The number of nitrogens with two attached hydrogens (primary N) is 1. The summed E-state index contributed by atoms with van der Waals surface area (Å²) in [6.07, 6.45) is 0.389. The van der Waals surface area contributed by atoms with E-state index in [1.807, 2.05) is 0 Å². The Morgan fingerprint density at radius 2 is 1.84 bits per heavy atom. The number of amides is 1. The molecule has 1 aliphatic rings. The van der Waals surface area contributed by atoms with E-state index < -0.39 is 41.0 Å². The molecule has 0 saturated heterocycles. The van der Waals surface area contributed by atoms with Crippen molar-refractivity contribution < 1.29 is 28.7 Å². The summed E-state index contributed by atoms with van der Waals surface area (Å²) in [5, 5.41) is 3.06. The molecule has 1 amide bonds. The lowest BCUT2D eigenvalue weighted by atomic mass is 9.68. The van der Waals surface area contributed by atoms with Crippen LogP contribution in [0.2, 0.25) is 5.02 Å². The van der Waals surface area contributed by atoms with E-state index in [0.717, 1.165) is 12.8 Å². The molecule has 1 fully saturated rings. The zero-order valence-corrected chi connectivity index (χ0v) is 19.7. The predicted molar refractivity (Wildman–Crippen MR) is 119 cm³/mol. The molecule has 2 unspecified atom stereocenters. The Morgan fingerprint density at radius 1 is 1.19 bits per heavy atom. The van der Waals surface area contributed by atoms with E-state index in [1.54, 1.807) is 38.1 Å². The van der Waals surface area contributed by atoms with E-state index in [2.05, 4.69) is 5.32 Å². The van der Waals surface area contributed by atoms with Crippen molar-refractivity contribution in [1.82, 2.24) is 5.32 Å². The van der Waals surface area contributed by atoms with Crippen LogP contribution in [0.3, 0.4) is 0 Å². The molecule has 0 bridgehead atoms. The summed E-state index contributed by atoms with van der Waals surface area (Å²) in [4.78, 5) is 49.6. The smallest absolute Gasteiger partial charge is 0.410 e. The number of rotatable bonds is 8. The Kier molecular flexibility index (Phi) is 8.42. The molecule has 2 rings (SSSR count). The van der Waals surface area contributed by atoms with Crippen LogP contribution in [0.25, 0.3) is 0 Å². The van der Waals surface area contributed by atoms with E-state index in [-0.39, 0.29) is 12.3 Å². The molecule has 0 heterocycles. The number of hydrogen-bond donors (Lipinski definition) is 2. The van der Waals surface area contributed by atoms with Crippen LogP contribution in [0.5, 0.6) is 0 Å². The maximum Gasteiger partial charge on any atom is 0.410 e. The molecular weight excluding hydrogens is 436 g/mol. The van der Waals surface area contributed by atoms with Gasteiger partial charge in [-0.2, -0.15) is 0 Å². The first-order valence-corrected chi connectivity index (χ1v) is 11.1. The van der Waals surface area contributed by atoms with Crippen LogP contribution in [-0.2, 0) is 29.3 Å². The van der Waals surface area contributed by atoms with Gasteiger partial charge >= 0.3 is 12.1 Å². The molecule has 3 atom stereocenters. The van der Waals surface area contributed by atoms with Crippen molar-refractivity contribution in [3.05, 3.63) is 34.9 Å². The fourth-order valence-corrected chi connectivity index (χ4v) is 4.30. The van der Waals surface area contributed by atoms with Crippen molar-refractivity contribution in [2.45, 2.75) is 70.6 Å². The number of benzene rings is 1. The fourth-order valence-electron chi connectivity index (χ4n) is 3.98. The third kappa shape index (κ3) is 5.30. The number of ketones is 2. The summed E-state index contributed by atoms with van der Waals surface area (Å²) in [6.45, 7) is 5.78. The van der Waals surface area contributed by atoms with Crippen molar-refractivity contribution in [2.24, 2.45) is 11.7 Å². The first-order valence-electron chi connectivity index (χ1n) is 10.7. The van der Waals surface area contributed by atoms with E-state index in [4.69, 9.17) is 26.8 Å². The van der Waals surface area contributed by atoms with Gasteiger partial charge in [0.2, 0.25) is 6.29 Å². The Hall–Kier alpha value is -2.45. The highest BCUT2D eigenvalue weighted by Gasteiger charge is 2.45. The monoisotopic (exact) mass is 466 g/mol. The number of Topliss-reactive ketones (excluding diaryl/α,β-unsaturated/α-hetero) is 2. The van der Waals surface area contributed by atoms with E-state index in [1.165, 1.54) is 13.8 Å². The van der Waals surface area contributed by atoms with E-state index in [9.17, 15) is 19.2 Å². The van der Waals surface area contributed by atoms with Gasteiger partial charge in [-0.1, -0.05) is 50.1 Å². The molecule has 1 aliphatic carbocycles. The Balaban J connectivity index is 2.07. The van der Waals surface area contributed by atoms with Gasteiger partial charge in [0.15, 0.2) is 11.3 Å². The molecule has 1 aromatic carbocycles. The zero-order chi connectivity index (χ0) is 24.1. The highest BCUT2D eigenvalue weighted by molar-refractivity contribution is 6.31. The maximum absolute atomic E-state index is 12.9. The summed E-state index contributed by atoms with van der Waals surface area (Å²) in [6, 6.07) is 7.08. The van der Waals surface area contributed by atoms with Crippen molar-refractivity contribution in [3.8, 4) is 0 Å². The van der Waals surface area contributed by atoms with Crippen LogP contribution in [0.1, 0.15) is 58.9 Å². The normalized spacial score (nSPS) is 21.4. The summed E-state index contributed by atoms with van der Waals surface area (Å²) < 4.78 is 10.2. The van der Waals surface area contributed by atoms with Crippen molar-refractivity contribution in [3.63, 3.8) is 0 Å².